The van der Waals surface area contributed by atoms with Crippen LogP contribution in [0.1, 0.15) is 15.2 Å². The summed E-state index contributed by atoms with van der Waals surface area (Å²) in [5, 5.41) is 4.19. The zero-order valence-electron chi connectivity index (χ0n) is 13.5. The molecule has 134 valence electrons. The Kier molecular flexibility index (Phi) is 5.37. The highest BCUT2D eigenvalue weighted by molar-refractivity contribution is 7.12. The molecule has 0 bridgehead atoms. The molecule has 3 aromatic rings. The van der Waals surface area contributed by atoms with Gasteiger partial charge in [0.25, 0.3) is 5.91 Å². The van der Waals surface area contributed by atoms with E-state index in [0.29, 0.717) is 11.4 Å². The highest BCUT2D eigenvalue weighted by Gasteiger charge is 2.18. The molecule has 2 heterocycles. The van der Waals surface area contributed by atoms with E-state index >= 15 is 0 Å². The summed E-state index contributed by atoms with van der Waals surface area (Å²) in [5.41, 5.74) is 1.24. The van der Waals surface area contributed by atoms with Gasteiger partial charge in [0.1, 0.15) is 16.4 Å². The summed E-state index contributed by atoms with van der Waals surface area (Å²) in [5.74, 6) is -0.176. The molecule has 0 radical (unpaired) electrons. The van der Waals surface area contributed by atoms with Gasteiger partial charge in [-0.05, 0) is 48.2 Å². The first-order chi connectivity index (χ1) is 12.5. The number of amides is 1. The zero-order valence-corrected chi connectivity index (χ0v) is 14.3. The predicted octanol–water partition coefficient (Wildman–Crippen LogP) is 4.49. The average Bonchev–Trinajstić information content (AvgIpc) is 3.05. The summed E-state index contributed by atoms with van der Waals surface area (Å²) in [6, 6.07) is 8.20. The second kappa shape index (κ2) is 7.87. The number of nitrogens with zero attached hydrogens (tertiary/aromatic N) is 2. The molecule has 0 aliphatic heterocycles. The largest absolute Gasteiger partial charge is 0.433 e. The molecule has 0 spiro atoms. The van der Waals surface area contributed by atoms with Gasteiger partial charge in [0, 0.05) is 18.1 Å². The van der Waals surface area contributed by atoms with Gasteiger partial charge in [-0.1, -0.05) is 0 Å². The van der Waals surface area contributed by atoms with Crippen LogP contribution in [0.3, 0.4) is 0 Å². The number of benzene rings is 1. The minimum Gasteiger partial charge on any atom is -0.433 e. The quantitative estimate of drug-likeness (QED) is 0.685. The topological polar surface area (TPSA) is 73.3 Å². The third-order valence-corrected chi connectivity index (χ3v) is 4.14. The first-order valence-electron chi connectivity index (χ1n) is 7.42. The van der Waals surface area contributed by atoms with Gasteiger partial charge in [-0.15, -0.1) is 11.3 Å². The molecule has 0 aliphatic carbocycles. The van der Waals surface area contributed by atoms with Gasteiger partial charge in [-0.25, -0.2) is 9.97 Å². The molecule has 0 aliphatic rings. The lowest BCUT2D eigenvalue weighted by Crippen LogP contribution is -2.13. The lowest BCUT2D eigenvalue weighted by atomic mass is 10.2. The number of ether oxygens (including phenoxy) is 2. The number of thiophene rings is 1. The van der Waals surface area contributed by atoms with Gasteiger partial charge in [0.15, 0.2) is 0 Å². The van der Waals surface area contributed by atoms with Crippen molar-refractivity contribution < 1.29 is 23.0 Å². The van der Waals surface area contributed by atoms with Crippen molar-refractivity contribution in [3.05, 3.63) is 58.5 Å². The van der Waals surface area contributed by atoms with Crippen LogP contribution < -0.4 is 14.8 Å². The lowest BCUT2D eigenvalue weighted by molar-refractivity contribution is -0.0498. The van der Waals surface area contributed by atoms with Gasteiger partial charge < -0.3 is 14.8 Å². The Morgan fingerprint density at radius 1 is 1.23 bits per heavy atom. The second-order valence-electron chi connectivity index (χ2n) is 5.06. The van der Waals surface area contributed by atoms with Crippen molar-refractivity contribution >= 4 is 22.9 Å². The van der Waals surface area contributed by atoms with Crippen molar-refractivity contribution in [2.24, 2.45) is 0 Å². The maximum absolute atomic E-state index is 12.4. The van der Waals surface area contributed by atoms with Gasteiger partial charge in [0.05, 0.1) is 0 Å². The molecular formula is C17H13F2N3O3S. The summed E-state index contributed by atoms with van der Waals surface area (Å²) >= 11 is 1.02. The number of carbonyl (C=O) groups excluding carboxylic acids is 1. The monoisotopic (exact) mass is 377 g/mol. The number of aromatic nitrogens is 2. The summed E-state index contributed by atoms with van der Waals surface area (Å²) in [6.45, 7) is -1.21. The van der Waals surface area contributed by atoms with Crippen LogP contribution in [-0.4, -0.2) is 22.5 Å². The first-order valence-corrected chi connectivity index (χ1v) is 8.30. The molecule has 0 saturated heterocycles. The molecule has 1 amide bonds. The van der Waals surface area contributed by atoms with Crippen molar-refractivity contribution in [3.8, 4) is 17.5 Å². The van der Waals surface area contributed by atoms with Gasteiger partial charge in [-0.2, -0.15) is 8.78 Å². The molecule has 0 fully saturated rings. The maximum atomic E-state index is 12.4. The molecule has 0 atom stereocenters. The third-order valence-electron chi connectivity index (χ3n) is 3.25. The number of nitrogens with one attached hydrogen (secondary N) is 1. The molecule has 1 aromatic carbocycles. The fourth-order valence-electron chi connectivity index (χ4n) is 2.11. The number of rotatable bonds is 6. The minimum atomic E-state index is -2.99. The lowest BCUT2D eigenvalue weighted by Gasteiger charge is -2.11. The molecule has 9 heteroatoms. The molecule has 2 aromatic heterocycles. The van der Waals surface area contributed by atoms with Gasteiger partial charge in [-0.3, -0.25) is 4.79 Å². The highest BCUT2D eigenvalue weighted by atomic mass is 32.1. The Morgan fingerprint density at radius 3 is 2.69 bits per heavy atom. The Hall–Kier alpha value is -3.07. The van der Waals surface area contributed by atoms with Crippen molar-refractivity contribution in [1.82, 2.24) is 9.97 Å². The Balaban J connectivity index is 1.72. The van der Waals surface area contributed by atoms with E-state index in [-0.39, 0.29) is 16.6 Å². The van der Waals surface area contributed by atoms with Crippen molar-refractivity contribution in [1.29, 1.82) is 0 Å². The SMILES string of the molecule is Cc1cc(Oc2ncccn2)ccc1NC(=O)c1sccc1OC(F)F. The summed E-state index contributed by atoms with van der Waals surface area (Å²) in [7, 11) is 0. The zero-order chi connectivity index (χ0) is 18.5. The highest BCUT2D eigenvalue weighted by Crippen LogP contribution is 2.29. The maximum Gasteiger partial charge on any atom is 0.387 e. The number of aryl methyl sites for hydroxylation is 1. The normalized spacial score (nSPS) is 10.6. The summed E-state index contributed by atoms with van der Waals surface area (Å²) in [6.07, 6.45) is 3.12. The Morgan fingerprint density at radius 2 is 2.00 bits per heavy atom. The fraction of sp³-hybridized carbons (Fsp3) is 0.118. The van der Waals surface area contributed by atoms with Crippen LogP contribution >= 0.6 is 11.3 Å². The van der Waals surface area contributed by atoms with Crippen molar-refractivity contribution in [3.63, 3.8) is 0 Å². The molecule has 26 heavy (non-hydrogen) atoms. The molecule has 0 unspecified atom stereocenters. The van der Waals surface area contributed by atoms with Crippen LogP contribution in [0.25, 0.3) is 0 Å². The molecule has 0 saturated carbocycles. The molecular weight excluding hydrogens is 364 g/mol. The van der Waals surface area contributed by atoms with E-state index in [1.54, 1.807) is 43.6 Å². The van der Waals surface area contributed by atoms with Crippen molar-refractivity contribution in [2.45, 2.75) is 13.5 Å². The number of carbonyl (C=O) groups is 1. The number of anilines is 1. The van der Waals surface area contributed by atoms with Crippen LogP contribution in [0.2, 0.25) is 0 Å². The minimum absolute atomic E-state index is 0.0720. The van der Waals surface area contributed by atoms with Crippen molar-refractivity contribution in [2.75, 3.05) is 5.32 Å². The average molecular weight is 377 g/mol. The molecule has 3 rings (SSSR count). The van der Waals surface area contributed by atoms with Gasteiger partial charge >= 0.3 is 12.6 Å². The van der Waals surface area contributed by atoms with E-state index in [2.05, 4.69) is 20.0 Å². The van der Waals surface area contributed by atoms with Crippen LogP contribution in [0.15, 0.2) is 48.1 Å². The predicted molar refractivity (Wildman–Crippen MR) is 92.2 cm³/mol. The number of hydrogen-bond acceptors (Lipinski definition) is 6. The van der Waals surface area contributed by atoms with E-state index in [0.717, 1.165) is 16.9 Å². The third kappa shape index (κ3) is 4.31. The second-order valence-corrected chi connectivity index (χ2v) is 5.97. The molecule has 1 N–H and O–H groups in total. The fourth-order valence-corrected chi connectivity index (χ4v) is 2.83. The van der Waals surface area contributed by atoms with Gasteiger partial charge in [0.2, 0.25) is 0 Å². The smallest absolute Gasteiger partial charge is 0.387 e. The first kappa shape index (κ1) is 17.7. The van der Waals surface area contributed by atoms with E-state index in [9.17, 15) is 13.6 Å². The Labute approximate surface area is 151 Å². The van der Waals surface area contributed by atoms with Crippen LogP contribution in [0.4, 0.5) is 14.5 Å². The number of hydrogen-bond donors (Lipinski definition) is 1. The summed E-state index contributed by atoms with van der Waals surface area (Å²) in [4.78, 5) is 20.3. The van der Waals surface area contributed by atoms with E-state index in [4.69, 9.17) is 4.74 Å². The number of alkyl halides is 2. The molecule has 6 nitrogen and oxygen atoms in total. The van der Waals surface area contributed by atoms with Crippen LogP contribution in [0.5, 0.6) is 17.5 Å². The van der Waals surface area contributed by atoms with E-state index in [1.165, 1.54) is 11.4 Å². The van der Waals surface area contributed by atoms with Crippen LogP contribution in [-0.2, 0) is 0 Å². The summed E-state index contributed by atoms with van der Waals surface area (Å²) < 4.78 is 34.6. The van der Waals surface area contributed by atoms with E-state index < -0.39 is 12.5 Å². The van der Waals surface area contributed by atoms with E-state index in [1.807, 2.05) is 0 Å². The number of halogens is 2. The Bertz CT molecular complexity index is 903. The van der Waals surface area contributed by atoms with Crippen LogP contribution in [0, 0.1) is 6.92 Å². The standard InChI is InChI=1S/C17H13F2N3O3S/c1-10-9-11(24-17-20-6-2-7-21-17)3-4-12(10)22-15(23)14-13(5-8-26-14)25-16(18)19/h2-9,16H,1H3,(H,22,23).